The second-order valence-corrected chi connectivity index (χ2v) is 4.55. The van der Waals surface area contributed by atoms with Crippen LogP contribution in [0.1, 0.15) is 39.2 Å². The third-order valence-electron chi connectivity index (χ3n) is 2.51. The molecule has 0 aliphatic rings. The molecule has 1 aromatic carbocycles. The Balaban J connectivity index is 2.70. The van der Waals surface area contributed by atoms with Crippen molar-refractivity contribution in [2.24, 2.45) is 0 Å². The molecular formula is C15H20O2. The molecule has 1 rings (SSSR count). The van der Waals surface area contributed by atoms with Gasteiger partial charge >= 0.3 is 0 Å². The third-order valence-corrected chi connectivity index (χ3v) is 2.51. The van der Waals surface area contributed by atoms with Crippen LogP contribution in [-0.2, 0) is 0 Å². The molecule has 0 unspecified atom stereocenters. The Bertz CT molecular complexity index is 438. The fourth-order valence-electron chi connectivity index (χ4n) is 1.58. The van der Waals surface area contributed by atoms with Crippen molar-refractivity contribution in [2.45, 2.75) is 33.6 Å². The predicted molar refractivity (Wildman–Crippen MR) is 72.1 cm³/mol. The molecule has 17 heavy (non-hydrogen) atoms. The summed E-state index contributed by atoms with van der Waals surface area (Å²) in [6, 6.07) is 4.65. The van der Waals surface area contributed by atoms with E-state index in [0.29, 0.717) is 0 Å². The SMILES string of the molecule is CC(C)=CCC/C(C)=C\c1ccc(O)cc1O. The highest BCUT2D eigenvalue weighted by atomic mass is 16.3. The zero-order chi connectivity index (χ0) is 12.8. The highest BCUT2D eigenvalue weighted by Crippen LogP contribution is 2.25. The van der Waals surface area contributed by atoms with E-state index in [2.05, 4.69) is 19.9 Å². The van der Waals surface area contributed by atoms with Crippen LogP contribution >= 0.6 is 0 Å². The minimum absolute atomic E-state index is 0.0850. The zero-order valence-corrected chi connectivity index (χ0v) is 10.7. The van der Waals surface area contributed by atoms with E-state index in [4.69, 9.17) is 0 Å². The van der Waals surface area contributed by atoms with Gasteiger partial charge in [-0.1, -0.05) is 23.3 Å². The third kappa shape index (κ3) is 4.77. The molecule has 2 N–H and O–H groups in total. The molecule has 0 radical (unpaired) electrons. The summed E-state index contributed by atoms with van der Waals surface area (Å²) in [6.07, 6.45) is 6.15. The highest BCUT2D eigenvalue weighted by molar-refractivity contribution is 5.60. The fraction of sp³-hybridized carbons (Fsp3) is 0.333. The van der Waals surface area contributed by atoms with Crippen LogP contribution in [0.3, 0.4) is 0 Å². The van der Waals surface area contributed by atoms with Crippen LogP contribution in [0.15, 0.2) is 35.4 Å². The van der Waals surface area contributed by atoms with Crippen molar-refractivity contribution in [3.05, 3.63) is 41.0 Å². The number of hydrogen-bond acceptors (Lipinski definition) is 2. The first-order chi connectivity index (χ1) is 7.99. The van der Waals surface area contributed by atoms with Gasteiger partial charge in [0.25, 0.3) is 0 Å². The molecule has 92 valence electrons. The maximum Gasteiger partial charge on any atom is 0.126 e. The molecule has 0 aliphatic carbocycles. The van der Waals surface area contributed by atoms with E-state index in [1.165, 1.54) is 17.2 Å². The summed E-state index contributed by atoms with van der Waals surface area (Å²) in [5, 5.41) is 18.8. The lowest BCUT2D eigenvalue weighted by atomic mass is 10.1. The Morgan fingerprint density at radius 2 is 1.88 bits per heavy atom. The maximum absolute atomic E-state index is 9.64. The molecule has 0 amide bonds. The number of rotatable bonds is 4. The summed E-state index contributed by atoms with van der Waals surface area (Å²) in [4.78, 5) is 0. The van der Waals surface area contributed by atoms with Gasteiger partial charge in [-0.3, -0.25) is 0 Å². The zero-order valence-electron chi connectivity index (χ0n) is 10.7. The van der Waals surface area contributed by atoms with Gasteiger partial charge in [-0.2, -0.15) is 0 Å². The van der Waals surface area contributed by atoms with Crippen LogP contribution in [-0.4, -0.2) is 10.2 Å². The monoisotopic (exact) mass is 232 g/mol. The molecule has 0 heterocycles. The summed E-state index contributed by atoms with van der Waals surface area (Å²) in [6.45, 7) is 6.22. The number of hydrogen-bond donors (Lipinski definition) is 2. The normalized spacial score (nSPS) is 11.4. The highest BCUT2D eigenvalue weighted by Gasteiger charge is 1.99. The van der Waals surface area contributed by atoms with Gasteiger partial charge in [-0.05, 0) is 45.7 Å². The molecule has 0 saturated heterocycles. The summed E-state index contributed by atoms with van der Waals surface area (Å²) in [7, 11) is 0. The maximum atomic E-state index is 9.64. The van der Waals surface area contributed by atoms with Crippen LogP contribution in [0, 0.1) is 0 Å². The van der Waals surface area contributed by atoms with Crippen LogP contribution in [0.25, 0.3) is 6.08 Å². The summed E-state index contributed by atoms with van der Waals surface area (Å²) < 4.78 is 0. The lowest BCUT2D eigenvalue weighted by Gasteiger charge is -2.03. The molecule has 0 aliphatic heterocycles. The Hall–Kier alpha value is -1.70. The standard InChI is InChI=1S/C15H20O2/c1-11(2)5-4-6-12(3)9-13-7-8-14(16)10-15(13)17/h5,7-10,16-17H,4,6H2,1-3H3/b12-9-. The minimum Gasteiger partial charge on any atom is -0.508 e. The lowest BCUT2D eigenvalue weighted by molar-refractivity contribution is 0.450. The Morgan fingerprint density at radius 1 is 1.18 bits per heavy atom. The molecule has 2 nitrogen and oxygen atoms in total. The number of aromatic hydroxyl groups is 2. The number of phenolic OH excluding ortho intramolecular Hbond substituents is 2. The van der Waals surface area contributed by atoms with Gasteiger partial charge in [0.05, 0.1) is 0 Å². The van der Waals surface area contributed by atoms with Crippen molar-refractivity contribution in [1.29, 1.82) is 0 Å². The van der Waals surface area contributed by atoms with Gasteiger partial charge in [-0.15, -0.1) is 0 Å². The van der Waals surface area contributed by atoms with Crippen LogP contribution in [0.2, 0.25) is 0 Å². The average Bonchev–Trinajstić information content (AvgIpc) is 2.21. The summed E-state index contributed by atoms with van der Waals surface area (Å²) in [5.74, 6) is 0.202. The van der Waals surface area contributed by atoms with Crippen molar-refractivity contribution in [1.82, 2.24) is 0 Å². The molecule has 0 bridgehead atoms. The Kier molecular flexibility index (Phi) is 4.83. The second kappa shape index (κ2) is 6.14. The van der Waals surface area contributed by atoms with Crippen LogP contribution < -0.4 is 0 Å². The molecule has 0 aromatic heterocycles. The average molecular weight is 232 g/mol. The number of allylic oxidation sites excluding steroid dienone is 3. The van der Waals surface area contributed by atoms with Gasteiger partial charge in [-0.25, -0.2) is 0 Å². The van der Waals surface area contributed by atoms with Crippen molar-refractivity contribution in [3.8, 4) is 11.5 Å². The molecular weight excluding hydrogens is 212 g/mol. The molecule has 0 saturated carbocycles. The van der Waals surface area contributed by atoms with E-state index in [0.717, 1.165) is 18.4 Å². The van der Waals surface area contributed by atoms with E-state index in [9.17, 15) is 10.2 Å². The van der Waals surface area contributed by atoms with Crippen molar-refractivity contribution >= 4 is 6.08 Å². The molecule has 0 fully saturated rings. The van der Waals surface area contributed by atoms with E-state index in [-0.39, 0.29) is 11.5 Å². The van der Waals surface area contributed by atoms with Crippen molar-refractivity contribution in [2.75, 3.05) is 0 Å². The predicted octanol–water partition coefficient (Wildman–Crippen LogP) is 4.25. The Labute approximate surface area is 103 Å². The number of phenols is 2. The molecule has 2 heteroatoms. The largest absolute Gasteiger partial charge is 0.508 e. The Morgan fingerprint density at radius 3 is 2.47 bits per heavy atom. The van der Waals surface area contributed by atoms with Crippen molar-refractivity contribution in [3.63, 3.8) is 0 Å². The molecule has 0 spiro atoms. The van der Waals surface area contributed by atoms with E-state index < -0.39 is 0 Å². The molecule has 1 aromatic rings. The van der Waals surface area contributed by atoms with Crippen LogP contribution in [0.5, 0.6) is 11.5 Å². The first-order valence-corrected chi connectivity index (χ1v) is 5.81. The minimum atomic E-state index is 0.0850. The summed E-state index contributed by atoms with van der Waals surface area (Å²) in [5.41, 5.74) is 3.28. The van der Waals surface area contributed by atoms with Gasteiger partial charge < -0.3 is 10.2 Å². The van der Waals surface area contributed by atoms with E-state index in [1.807, 2.05) is 13.0 Å². The van der Waals surface area contributed by atoms with Gasteiger partial charge in [0.2, 0.25) is 0 Å². The van der Waals surface area contributed by atoms with E-state index >= 15 is 0 Å². The summed E-state index contributed by atoms with van der Waals surface area (Å²) >= 11 is 0. The topological polar surface area (TPSA) is 40.5 Å². The van der Waals surface area contributed by atoms with Gasteiger partial charge in [0.1, 0.15) is 11.5 Å². The van der Waals surface area contributed by atoms with Crippen LogP contribution in [0.4, 0.5) is 0 Å². The quantitative estimate of drug-likeness (QED) is 0.762. The first kappa shape index (κ1) is 13.4. The van der Waals surface area contributed by atoms with Gasteiger partial charge in [0, 0.05) is 11.6 Å². The number of benzene rings is 1. The van der Waals surface area contributed by atoms with E-state index in [1.54, 1.807) is 12.1 Å². The van der Waals surface area contributed by atoms with Crippen molar-refractivity contribution < 1.29 is 10.2 Å². The first-order valence-electron chi connectivity index (χ1n) is 5.81. The van der Waals surface area contributed by atoms with Gasteiger partial charge in [0.15, 0.2) is 0 Å². The second-order valence-electron chi connectivity index (χ2n) is 4.55. The molecule has 0 atom stereocenters. The lowest BCUT2D eigenvalue weighted by Crippen LogP contribution is -1.80. The smallest absolute Gasteiger partial charge is 0.126 e. The fourth-order valence-corrected chi connectivity index (χ4v) is 1.58.